The van der Waals surface area contributed by atoms with Crippen molar-refractivity contribution in [1.82, 2.24) is 29.5 Å². The van der Waals surface area contributed by atoms with Gasteiger partial charge >= 0.3 is 0 Å². The minimum atomic E-state index is -0.884. The minimum Gasteiger partial charge on any atom is -0.327 e. The number of nitrogens with zero attached hydrogens (tertiary/aromatic N) is 5. The molecular formula is C20H24F2N6. The number of piperazine rings is 1. The third kappa shape index (κ3) is 3.57. The number of aryl methyl sites for hydroxylation is 1. The van der Waals surface area contributed by atoms with Gasteiger partial charge in [-0.3, -0.25) is 10.00 Å². The first-order valence-electron chi connectivity index (χ1n) is 9.34. The molecule has 0 radical (unpaired) electrons. The number of halogens is 2. The highest BCUT2D eigenvalue weighted by molar-refractivity contribution is 5.77. The second kappa shape index (κ2) is 7.44. The fourth-order valence-electron chi connectivity index (χ4n) is 3.71. The molecule has 0 bridgehead atoms. The van der Waals surface area contributed by atoms with Crippen molar-refractivity contribution in [3.05, 3.63) is 47.9 Å². The number of imidazole rings is 1. The Labute approximate surface area is 162 Å². The largest absolute Gasteiger partial charge is 0.327 e. The molecule has 1 saturated heterocycles. The first kappa shape index (κ1) is 18.8. The number of H-pyrrole nitrogens is 1. The van der Waals surface area contributed by atoms with Crippen molar-refractivity contribution in [1.29, 1.82) is 0 Å². The summed E-state index contributed by atoms with van der Waals surface area (Å²) in [6.07, 6.45) is 1.76. The lowest BCUT2D eigenvalue weighted by atomic mass is 10.1. The molecule has 1 N–H and O–H groups in total. The molecule has 1 aliphatic rings. The van der Waals surface area contributed by atoms with Gasteiger partial charge in [0, 0.05) is 43.5 Å². The fraction of sp³-hybridized carbons (Fsp3) is 0.400. The average molecular weight is 386 g/mol. The number of benzene rings is 1. The maximum atomic E-state index is 13.8. The van der Waals surface area contributed by atoms with Gasteiger partial charge in [0.05, 0.1) is 17.7 Å². The van der Waals surface area contributed by atoms with Crippen molar-refractivity contribution in [3.63, 3.8) is 0 Å². The van der Waals surface area contributed by atoms with E-state index in [2.05, 4.69) is 43.6 Å². The summed E-state index contributed by atoms with van der Waals surface area (Å²) in [6, 6.07) is 6.13. The normalized spacial score (nSPS) is 18.7. The maximum Gasteiger partial charge on any atom is 0.159 e. The summed E-state index contributed by atoms with van der Waals surface area (Å²) in [6.45, 7) is 5.66. The molecule has 0 saturated carbocycles. The van der Waals surface area contributed by atoms with E-state index in [1.54, 1.807) is 12.4 Å². The van der Waals surface area contributed by atoms with Crippen LogP contribution in [0, 0.1) is 18.6 Å². The van der Waals surface area contributed by atoms with E-state index in [9.17, 15) is 8.78 Å². The number of hydrogen-bond acceptors (Lipinski definition) is 4. The quantitative estimate of drug-likeness (QED) is 0.749. The number of aromatic amines is 1. The van der Waals surface area contributed by atoms with Gasteiger partial charge in [-0.25, -0.2) is 13.8 Å². The van der Waals surface area contributed by atoms with E-state index >= 15 is 0 Å². The lowest BCUT2D eigenvalue weighted by Crippen LogP contribution is -2.51. The summed E-state index contributed by atoms with van der Waals surface area (Å²) in [5, 5.41) is 7.35. The summed E-state index contributed by atoms with van der Waals surface area (Å²) in [7, 11) is 4.25. The second-order valence-electron chi connectivity index (χ2n) is 7.56. The first-order valence-corrected chi connectivity index (χ1v) is 9.34. The molecule has 0 amide bonds. The first-order chi connectivity index (χ1) is 13.4. The van der Waals surface area contributed by atoms with Gasteiger partial charge in [-0.1, -0.05) is 0 Å². The number of rotatable bonds is 4. The highest BCUT2D eigenvalue weighted by Gasteiger charge is 2.25. The summed E-state index contributed by atoms with van der Waals surface area (Å²) in [5.41, 5.74) is 3.59. The molecule has 28 heavy (non-hydrogen) atoms. The molecule has 4 rings (SSSR count). The third-order valence-corrected chi connectivity index (χ3v) is 5.37. The Hall–Kier alpha value is -2.58. The molecule has 3 aromatic rings. The van der Waals surface area contributed by atoms with Gasteiger partial charge in [-0.2, -0.15) is 5.10 Å². The molecule has 1 unspecified atom stereocenters. The van der Waals surface area contributed by atoms with Crippen LogP contribution in [0.15, 0.2) is 30.6 Å². The van der Waals surface area contributed by atoms with Crippen molar-refractivity contribution in [2.45, 2.75) is 19.5 Å². The van der Waals surface area contributed by atoms with Crippen molar-refractivity contribution < 1.29 is 8.78 Å². The Morgan fingerprint density at radius 3 is 2.68 bits per heavy atom. The molecule has 0 spiro atoms. The summed E-state index contributed by atoms with van der Waals surface area (Å²) in [4.78, 5) is 9.20. The van der Waals surface area contributed by atoms with Crippen molar-refractivity contribution in [2.24, 2.45) is 0 Å². The van der Waals surface area contributed by atoms with Gasteiger partial charge in [0.25, 0.3) is 0 Å². The molecule has 2 aromatic heterocycles. The Bertz CT molecular complexity index is 979. The predicted octanol–water partition coefficient (Wildman–Crippen LogP) is 2.77. The maximum absolute atomic E-state index is 13.8. The smallest absolute Gasteiger partial charge is 0.159 e. The molecule has 1 aromatic carbocycles. The van der Waals surface area contributed by atoms with Crippen molar-refractivity contribution >= 4 is 0 Å². The second-order valence-corrected chi connectivity index (χ2v) is 7.56. The Balaban J connectivity index is 1.76. The van der Waals surface area contributed by atoms with Crippen LogP contribution in [0.4, 0.5) is 8.78 Å². The van der Waals surface area contributed by atoms with E-state index in [0.29, 0.717) is 17.3 Å². The molecule has 0 aliphatic carbocycles. The van der Waals surface area contributed by atoms with Gasteiger partial charge in [-0.15, -0.1) is 0 Å². The molecule has 148 valence electrons. The van der Waals surface area contributed by atoms with Crippen LogP contribution in [0.1, 0.15) is 5.69 Å². The van der Waals surface area contributed by atoms with E-state index in [0.717, 1.165) is 49.3 Å². The monoisotopic (exact) mass is 386 g/mol. The van der Waals surface area contributed by atoms with E-state index in [1.165, 1.54) is 6.07 Å². The SMILES string of the molecule is Cc1cc(-c2c(-c3ccc(F)c(F)c3)ncn2CC2CN(C)CCN2C)n[nH]1. The number of nitrogens with one attached hydrogen (secondary N) is 1. The van der Waals surface area contributed by atoms with E-state index in [-0.39, 0.29) is 0 Å². The molecular weight excluding hydrogens is 362 g/mol. The van der Waals surface area contributed by atoms with Crippen molar-refractivity contribution in [3.8, 4) is 22.6 Å². The molecule has 1 atom stereocenters. The van der Waals surface area contributed by atoms with Gasteiger partial charge in [-0.05, 0) is 45.3 Å². The Kier molecular flexibility index (Phi) is 4.99. The standard InChI is InChI=1S/C20H24F2N6/c1-13-8-18(25-24-13)20-19(14-4-5-16(21)17(22)9-14)23-12-28(20)11-15-10-26(2)6-7-27(15)3/h4-5,8-9,12,15H,6-7,10-11H2,1-3H3,(H,24,25). The number of hydrogen-bond donors (Lipinski definition) is 1. The van der Waals surface area contributed by atoms with Crippen LogP contribution in [0.3, 0.4) is 0 Å². The lowest BCUT2D eigenvalue weighted by Gasteiger charge is -2.38. The van der Waals surface area contributed by atoms with Crippen LogP contribution in [0.5, 0.6) is 0 Å². The Morgan fingerprint density at radius 1 is 1.14 bits per heavy atom. The zero-order valence-electron chi connectivity index (χ0n) is 16.3. The zero-order valence-corrected chi connectivity index (χ0v) is 16.3. The summed E-state index contributed by atoms with van der Waals surface area (Å²) < 4.78 is 29.3. The topological polar surface area (TPSA) is 53.0 Å². The van der Waals surface area contributed by atoms with Crippen LogP contribution in [-0.4, -0.2) is 69.3 Å². The minimum absolute atomic E-state index is 0.324. The number of aromatic nitrogens is 4. The average Bonchev–Trinajstić information content (AvgIpc) is 3.26. The molecule has 6 nitrogen and oxygen atoms in total. The number of likely N-dealkylation sites (N-methyl/N-ethyl adjacent to an activating group) is 2. The predicted molar refractivity (Wildman–Crippen MR) is 104 cm³/mol. The highest BCUT2D eigenvalue weighted by atomic mass is 19.2. The van der Waals surface area contributed by atoms with E-state index < -0.39 is 11.6 Å². The molecule has 3 heterocycles. The van der Waals surface area contributed by atoms with Gasteiger partial charge < -0.3 is 9.47 Å². The summed E-state index contributed by atoms with van der Waals surface area (Å²) in [5.74, 6) is -1.75. The van der Waals surface area contributed by atoms with E-state index in [4.69, 9.17) is 0 Å². The molecule has 1 aliphatic heterocycles. The third-order valence-electron chi connectivity index (χ3n) is 5.37. The van der Waals surface area contributed by atoms with Crippen LogP contribution in [-0.2, 0) is 6.54 Å². The highest BCUT2D eigenvalue weighted by Crippen LogP contribution is 2.32. The van der Waals surface area contributed by atoms with Crippen LogP contribution in [0.25, 0.3) is 22.6 Å². The molecule has 1 fully saturated rings. The molecule has 8 heteroatoms. The lowest BCUT2D eigenvalue weighted by molar-refractivity contribution is 0.103. The summed E-state index contributed by atoms with van der Waals surface area (Å²) >= 11 is 0. The zero-order chi connectivity index (χ0) is 19.8. The van der Waals surface area contributed by atoms with Gasteiger partial charge in [0.2, 0.25) is 0 Å². The van der Waals surface area contributed by atoms with Crippen LogP contribution < -0.4 is 0 Å². The van der Waals surface area contributed by atoms with E-state index in [1.807, 2.05) is 13.0 Å². The van der Waals surface area contributed by atoms with Crippen molar-refractivity contribution in [2.75, 3.05) is 33.7 Å². The Morgan fingerprint density at radius 2 is 1.96 bits per heavy atom. The van der Waals surface area contributed by atoms with Gasteiger partial charge in [0.15, 0.2) is 11.6 Å². The van der Waals surface area contributed by atoms with Crippen LogP contribution in [0.2, 0.25) is 0 Å². The fourth-order valence-corrected chi connectivity index (χ4v) is 3.71. The van der Waals surface area contributed by atoms with Crippen LogP contribution >= 0.6 is 0 Å². The van der Waals surface area contributed by atoms with Gasteiger partial charge in [0.1, 0.15) is 5.69 Å².